The molecule has 0 saturated carbocycles. The molecule has 1 saturated heterocycles. The summed E-state index contributed by atoms with van der Waals surface area (Å²) >= 11 is 0. The second-order valence-electron chi connectivity index (χ2n) is 8.96. The number of ketones is 1. The first kappa shape index (κ1) is 25.2. The van der Waals surface area contributed by atoms with Gasteiger partial charge < -0.3 is 15.4 Å². The van der Waals surface area contributed by atoms with Gasteiger partial charge >= 0.3 is 5.97 Å². The number of hydrogen-bond acceptors (Lipinski definition) is 9. The molecule has 1 aromatic heterocycles. The number of ether oxygens (including phenoxy) is 1. The van der Waals surface area contributed by atoms with E-state index in [1.54, 1.807) is 19.1 Å². The van der Waals surface area contributed by atoms with Crippen LogP contribution in [-0.4, -0.2) is 84.8 Å². The number of hydrogen-bond donors (Lipinski definition) is 3. The second-order valence-corrected chi connectivity index (χ2v) is 8.96. The van der Waals surface area contributed by atoms with Crippen molar-refractivity contribution in [2.45, 2.75) is 50.6 Å². The highest BCUT2D eigenvalue weighted by Crippen LogP contribution is 2.24. The molecule has 0 radical (unpaired) electrons. The summed E-state index contributed by atoms with van der Waals surface area (Å²) in [6, 6.07) is 3.62. The Labute approximate surface area is 205 Å². The Hall–Kier alpha value is -2.95. The molecule has 2 atom stereocenters. The molecule has 4 rings (SSSR count). The van der Waals surface area contributed by atoms with Gasteiger partial charge in [0.15, 0.2) is 11.3 Å². The molecule has 0 spiro atoms. The minimum absolute atomic E-state index is 0.0513. The van der Waals surface area contributed by atoms with Crippen molar-refractivity contribution < 1.29 is 19.1 Å². The van der Waals surface area contributed by atoms with Gasteiger partial charge in [-0.3, -0.25) is 24.6 Å². The molecule has 3 N–H and O–H groups in total. The fourth-order valence-electron chi connectivity index (χ4n) is 4.80. The average molecular weight is 483 g/mol. The van der Waals surface area contributed by atoms with Crippen LogP contribution in [0.5, 0.6) is 0 Å². The Balaban J connectivity index is 1.52. The molecule has 1 fully saturated rings. The van der Waals surface area contributed by atoms with Gasteiger partial charge in [0.1, 0.15) is 5.82 Å². The minimum Gasteiger partial charge on any atom is -0.466 e. The highest BCUT2D eigenvalue weighted by atomic mass is 16.5. The lowest BCUT2D eigenvalue weighted by molar-refractivity contribution is -0.144. The zero-order valence-corrected chi connectivity index (χ0v) is 20.2. The normalized spacial score (nSPS) is 22.5. The van der Waals surface area contributed by atoms with Gasteiger partial charge in [-0.05, 0) is 56.4 Å². The van der Waals surface area contributed by atoms with E-state index >= 15 is 0 Å². The summed E-state index contributed by atoms with van der Waals surface area (Å²) in [5.74, 6) is -0.289. The van der Waals surface area contributed by atoms with Crippen molar-refractivity contribution in [3.8, 4) is 0 Å². The van der Waals surface area contributed by atoms with Crippen molar-refractivity contribution in [2.75, 3.05) is 44.8 Å². The average Bonchev–Trinajstić information content (AvgIpc) is 3.40. The van der Waals surface area contributed by atoms with Gasteiger partial charge in [-0.25, -0.2) is 9.98 Å². The smallest absolute Gasteiger partial charge is 0.307 e. The molecule has 1 amide bonds. The summed E-state index contributed by atoms with van der Waals surface area (Å²) in [5, 5.41) is 9.68. The quantitative estimate of drug-likeness (QED) is 0.307. The van der Waals surface area contributed by atoms with Crippen LogP contribution < -0.4 is 16.0 Å². The molecule has 1 aromatic rings. The minimum atomic E-state index is -1.61. The maximum absolute atomic E-state index is 14.0. The van der Waals surface area contributed by atoms with Crippen LogP contribution in [0.3, 0.4) is 0 Å². The van der Waals surface area contributed by atoms with Gasteiger partial charge in [0.05, 0.1) is 19.1 Å². The Morgan fingerprint density at radius 3 is 2.97 bits per heavy atom. The lowest BCUT2D eigenvalue weighted by atomic mass is 9.84. The van der Waals surface area contributed by atoms with Gasteiger partial charge in [0.25, 0.3) is 5.91 Å². The molecule has 35 heavy (non-hydrogen) atoms. The number of dihydropyridines is 1. The van der Waals surface area contributed by atoms with Crippen LogP contribution in [0.1, 0.15) is 37.4 Å². The number of pyridine rings is 1. The molecular formula is C25H34N6O4. The number of carbonyl (C=O) groups excluding carboxylic acids is 3. The van der Waals surface area contributed by atoms with E-state index in [4.69, 9.17) is 9.72 Å². The third-order valence-corrected chi connectivity index (χ3v) is 6.65. The number of aromatic nitrogens is 1. The predicted octanol–water partition coefficient (Wildman–Crippen LogP) is 0.622. The number of anilines is 1. The predicted molar refractivity (Wildman–Crippen MR) is 132 cm³/mol. The number of aliphatic imine (C=N–C) groups is 1. The highest BCUT2D eigenvalue weighted by molar-refractivity contribution is 6.18. The SMILES string of the molecule is CCOC(=O)CCN[C@]1(C(=O)C(CCc2ccc3c(n2)NCCC3)N2CCNC2)C=CC=NC1=O. The lowest BCUT2D eigenvalue weighted by Gasteiger charge is -2.35. The van der Waals surface area contributed by atoms with Crippen LogP contribution >= 0.6 is 0 Å². The molecule has 3 aliphatic heterocycles. The van der Waals surface area contributed by atoms with E-state index in [1.807, 2.05) is 6.07 Å². The van der Waals surface area contributed by atoms with Crippen LogP contribution in [0.2, 0.25) is 0 Å². The largest absolute Gasteiger partial charge is 0.466 e. The Bertz CT molecular complexity index is 1000. The number of fused-ring (bicyclic) bond motifs is 1. The molecule has 10 nitrogen and oxygen atoms in total. The molecule has 4 heterocycles. The number of nitrogens with zero attached hydrogens (tertiary/aromatic N) is 3. The molecule has 0 bridgehead atoms. The van der Waals surface area contributed by atoms with Crippen LogP contribution in [0, 0.1) is 0 Å². The van der Waals surface area contributed by atoms with E-state index in [0.29, 0.717) is 26.1 Å². The third-order valence-electron chi connectivity index (χ3n) is 6.65. The number of carbonyl (C=O) groups is 3. The van der Waals surface area contributed by atoms with Crippen LogP contribution in [0.15, 0.2) is 29.3 Å². The first-order chi connectivity index (χ1) is 17.0. The first-order valence-corrected chi connectivity index (χ1v) is 12.4. The summed E-state index contributed by atoms with van der Waals surface area (Å²) in [6.07, 6.45) is 7.83. The van der Waals surface area contributed by atoms with Gasteiger partial charge in [0.2, 0.25) is 0 Å². The fourth-order valence-corrected chi connectivity index (χ4v) is 4.80. The first-order valence-electron chi connectivity index (χ1n) is 12.4. The third kappa shape index (κ3) is 5.83. The van der Waals surface area contributed by atoms with Crippen molar-refractivity contribution in [3.05, 3.63) is 35.5 Å². The Morgan fingerprint density at radius 2 is 2.20 bits per heavy atom. The molecule has 188 valence electrons. The number of aryl methyl sites for hydroxylation is 2. The topological polar surface area (TPSA) is 125 Å². The lowest BCUT2D eigenvalue weighted by Crippen LogP contribution is -2.63. The summed E-state index contributed by atoms with van der Waals surface area (Å²) in [6.45, 7) is 5.10. The van der Waals surface area contributed by atoms with Crippen molar-refractivity contribution in [3.63, 3.8) is 0 Å². The van der Waals surface area contributed by atoms with Crippen molar-refractivity contribution in [1.82, 2.24) is 20.5 Å². The molecule has 1 unspecified atom stereocenters. The van der Waals surface area contributed by atoms with E-state index in [2.05, 4.69) is 31.9 Å². The number of allylic oxidation sites excluding steroid dienone is 1. The van der Waals surface area contributed by atoms with Gasteiger partial charge in [-0.2, -0.15) is 0 Å². The Morgan fingerprint density at radius 1 is 1.31 bits per heavy atom. The van der Waals surface area contributed by atoms with Crippen molar-refractivity contribution in [1.29, 1.82) is 0 Å². The highest BCUT2D eigenvalue weighted by Gasteiger charge is 2.48. The Kier molecular flexibility index (Phi) is 8.37. The molecule has 10 heteroatoms. The number of Topliss-reactive ketones (excluding diaryl/α,β-unsaturated/α-hetero) is 1. The fraction of sp³-hybridized carbons (Fsp3) is 0.560. The van der Waals surface area contributed by atoms with E-state index in [0.717, 1.165) is 37.4 Å². The van der Waals surface area contributed by atoms with E-state index in [-0.39, 0.29) is 31.3 Å². The van der Waals surface area contributed by atoms with Gasteiger partial charge in [-0.1, -0.05) is 6.07 Å². The number of amides is 1. The number of rotatable bonds is 11. The van der Waals surface area contributed by atoms with Gasteiger partial charge in [0, 0.05) is 44.8 Å². The monoisotopic (exact) mass is 482 g/mol. The standard InChI is InChI=1S/C25H34N6O4/c1-2-35-21(32)10-14-29-25(11-4-13-28-24(25)34)22(33)20(31-16-15-26-17-31)9-8-19-7-6-18-5-3-12-27-23(18)30-19/h4,6-7,11,13,20,26,29H,2-3,5,8-10,12,14-17H2,1H3,(H,27,30)/t20?,25-/m0/s1. The maximum atomic E-state index is 14.0. The number of esters is 1. The van der Waals surface area contributed by atoms with Crippen LogP contribution in [0.4, 0.5) is 5.82 Å². The molecule has 3 aliphatic rings. The van der Waals surface area contributed by atoms with Crippen molar-refractivity contribution >= 4 is 29.7 Å². The van der Waals surface area contributed by atoms with Crippen LogP contribution in [-0.2, 0) is 32.0 Å². The summed E-state index contributed by atoms with van der Waals surface area (Å²) in [7, 11) is 0. The van der Waals surface area contributed by atoms with E-state index in [1.165, 1.54) is 11.8 Å². The van der Waals surface area contributed by atoms with Crippen molar-refractivity contribution in [2.24, 2.45) is 4.99 Å². The molecule has 0 aliphatic carbocycles. The molecular weight excluding hydrogens is 448 g/mol. The van der Waals surface area contributed by atoms with Crippen LogP contribution in [0.25, 0.3) is 0 Å². The maximum Gasteiger partial charge on any atom is 0.307 e. The summed E-state index contributed by atoms with van der Waals surface area (Å²) < 4.78 is 4.98. The zero-order chi connectivity index (χ0) is 24.7. The number of nitrogens with one attached hydrogen (secondary N) is 3. The van der Waals surface area contributed by atoms with E-state index in [9.17, 15) is 14.4 Å². The molecule has 0 aromatic carbocycles. The summed E-state index contributed by atoms with van der Waals surface area (Å²) in [4.78, 5) is 49.6. The van der Waals surface area contributed by atoms with Gasteiger partial charge in [-0.15, -0.1) is 0 Å². The zero-order valence-electron chi connectivity index (χ0n) is 20.2. The summed E-state index contributed by atoms with van der Waals surface area (Å²) in [5.41, 5.74) is 0.521. The second kappa shape index (κ2) is 11.7. The van der Waals surface area contributed by atoms with E-state index < -0.39 is 17.5 Å².